The average molecular weight is 978 g/mol. The molecule has 0 saturated carbocycles. The predicted octanol–water partition coefficient (Wildman–Crippen LogP) is 17.6. The Balaban J connectivity index is 1.03. The van der Waals surface area contributed by atoms with Gasteiger partial charge in [0.25, 0.3) is 6.33 Å². The first-order chi connectivity index (χ1) is 43.0. The van der Waals surface area contributed by atoms with Gasteiger partial charge in [-0.2, -0.15) is 0 Å². The molecule has 14 rings (SSSR count). The molecule has 0 spiro atoms. The van der Waals surface area contributed by atoms with E-state index in [0.29, 0.717) is 66.7 Å². The van der Waals surface area contributed by atoms with E-state index in [1.807, 2.05) is 92.6 Å². The molecular weight excluding hydrogens is 913 g/mol. The third kappa shape index (κ3) is 7.46. The van der Waals surface area contributed by atoms with E-state index in [-0.39, 0.29) is 51.3 Å². The maximum atomic E-state index is 9.37. The molecule has 5 nitrogen and oxygen atoms in total. The van der Waals surface area contributed by atoms with Crippen LogP contribution in [0, 0.1) is 6.33 Å². The van der Waals surface area contributed by atoms with Crippen molar-refractivity contribution < 1.29 is 29.9 Å². The molecule has 1 aliphatic heterocycles. The maximum Gasteiger partial charge on any atom is 0.269 e. The van der Waals surface area contributed by atoms with Crippen LogP contribution in [0.1, 0.15) is 46.9 Å². The van der Waals surface area contributed by atoms with Crippen molar-refractivity contribution in [2.75, 3.05) is 0 Å². The van der Waals surface area contributed by atoms with Gasteiger partial charge in [-0.1, -0.05) is 208 Å². The van der Waals surface area contributed by atoms with Crippen LogP contribution in [-0.4, -0.2) is 14.1 Å². The van der Waals surface area contributed by atoms with E-state index in [2.05, 4.69) is 45.3 Å². The Hall–Kier alpha value is -9.58. The first kappa shape index (κ1) is 31.1. The minimum Gasteiger partial charge on any atom is -0.457 e. The third-order valence-electron chi connectivity index (χ3n) is 14.0. The lowest BCUT2D eigenvalue weighted by atomic mass is 9.88. The molecule has 0 bridgehead atoms. The van der Waals surface area contributed by atoms with E-state index < -0.39 is 78.6 Å². The SMILES string of the molecule is [2H]c1c([2H])c([2H])c(-c2ccc3c(c2)c2cc(-c4c([2H])c([2H])c([2H])c([2H])c4[2H])c(Oc4cccc(-n5[c-][n+]6c7c(cccc75)-c5ccccc5-c5ccccc5-c5cccc(-c7c([2H])c([2H])c([2H])c([2H])c7[2H])c5-6)c4)cc2n3-c2cc(C(C)(C)C)ccn2)c([2H])c1[2H]. The zero-order chi connectivity index (χ0) is 63.3. The molecule has 5 heteroatoms. The van der Waals surface area contributed by atoms with Crippen molar-refractivity contribution in [1.82, 2.24) is 14.1 Å². The van der Waals surface area contributed by atoms with Crippen LogP contribution >= 0.6 is 0 Å². The summed E-state index contributed by atoms with van der Waals surface area (Å²) in [4.78, 5) is 4.89. The fourth-order valence-electron chi connectivity index (χ4n) is 10.5. The van der Waals surface area contributed by atoms with Crippen LogP contribution < -0.4 is 9.30 Å². The van der Waals surface area contributed by atoms with Gasteiger partial charge in [-0.15, -0.1) is 0 Å². The second-order valence-electron chi connectivity index (χ2n) is 19.4. The van der Waals surface area contributed by atoms with Gasteiger partial charge in [-0.3, -0.25) is 13.7 Å². The van der Waals surface area contributed by atoms with Gasteiger partial charge in [-0.25, -0.2) is 4.98 Å². The average Bonchev–Trinajstić information content (AvgIpc) is 1.53. The summed E-state index contributed by atoms with van der Waals surface area (Å²) in [5.74, 6) is 0.859. The summed E-state index contributed by atoms with van der Waals surface area (Å²) in [5.41, 5.74) is 9.94. The molecule has 0 radical (unpaired) electrons. The standard InChI is InChI=1S/C70H50N4O/c1-70(2,3)50-38-39-71-67(41-50)74-63-37-36-49(46-20-7-4-8-21-46)40-61(63)62-43-60(48-24-11-6-12-25-48)66(44-65(62)74)75-52-27-17-26-51(42-52)72-45-73-68-53(47-22-9-5-10-23-47)32-18-33-58(68)56-30-15-13-28-54(56)55-29-14-16-31-57(55)59-34-19-35-64(72)69(59)73/h4-44H,1-3H3/i4D,5D,6D,7D,8D,9D,10D,11D,12D,20D,21D,22D,23D,24D,25D. The topological polar surface area (TPSA) is 35.9 Å². The van der Waals surface area contributed by atoms with Crippen LogP contribution in [0.2, 0.25) is 0 Å². The summed E-state index contributed by atoms with van der Waals surface area (Å²) in [7, 11) is 0. The van der Waals surface area contributed by atoms with Crippen LogP contribution in [0.3, 0.4) is 0 Å². The molecule has 0 saturated heterocycles. The Kier molecular flexibility index (Phi) is 7.29. The summed E-state index contributed by atoms with van der Waals surface area (Å²) in [6.45, 7) is 6.25. The first-order valence-corrected chi connectivity index (χ1v) is 24.5. The second-order valence-corrected chi connectivity index (χ2v) is 19.4. The Labute approximate surface area is 457 Å². The smallest absolute Gasteiger partial charge is 0.269 e. The lowest BCUT2D eigenvalue weighted by Gasteiger charge is -2.20. The molecule has 356 valence electrons. The number of hydrogen-bond acceptors (Lipinski definition) is 2. The number of fused-ring (bicyclic) bond motifs is 10. The Morgan fingerprint density at radius 3 is 1.77 bits per heavy atom. The molecule has 10 aromatic carbocycles. The number of hydrogen-bond donors (Lipinski definition) is 0. The molecule has 1 aliphatic rings. The summed E-state index contributed by atoms with van der Waals surface area (Å²) in [6, 6.07) is 40.1. The van der Waals surface area contributed by atoms with Crippen molar-refractivity contribution in [2.24, 2.45) is 0 Å². The van der Waals surface area contributed by atoms with Crippen LogP contribution in [0.25, 0.3) is 117 Å². The Bertz CT molecular complexity index is 5210. The van der Waals surface area contributed by atoms with E-state index >= 15 is 0 Å². The van der Waals surface area contributed by atoms with E-state index in [4.69, 9.17) is 24.8 Å². The molecule has 3 aromatic heterocycles. The minimum atomic E-state index is -0.591. The van der Waals surface area contributed by atoms with Crippen molar-refractivity contribution in [3.8, 4) is 95.5 Å². The van der Waals surface area contributed by atoms with Gasteiger partial charge in [0.05, 0.1) is 54.0 Å². The van der Waals surface area contributed by atoms with Crippen molar-refractivity contribution in [2.45, 2.75) is 26.2 Å². The van der Waals surface area contributed by atoms with E-state index in [1.54, 1.807) is 60.8 Å². The van der Waals surface area contributed by atoms with E-state index in [9.17, 15) is 5.48 Å². The fourth-order valence-corrected chi connectivity index (χ4v) is 10.5. The number of nitrogens with zero attached hydrogens (tertiary/aromatic N) is 4. The molecule has 0 atom stereocenters. The van der Waals surface area contributed by atoms with Gasteiger partial charge in [0.15, 0.2) is 0 Å². The highest BCUT2D eigenvalue weighted by Crippen LogP contribution is 2.46. The summed E-state index contributed by atoms with van der Waals surface area (Å²) < 4.78 is 146. The largest absolute Gasteiger partial charge is 0.457 e. The maximum absolute atomic E-state index is 9.37. The van der Waals surface area contributed by atoms with Gasteiger partial charge in [0.2, 0.25) is 0 Å². The fraction of sp³-hybridized carbons (Fsp3) is 0.0571. The van der Waals surface area contributed by atoms with E-state index in [1.165, 1.54) is 0 Å². The van der Waals surface area contributed by atoms with Gasteiger partial charge in [0.1, 0.15) is 17.3 Å². The molecule has 0 unspecified atom stereocenters. The van der Waals surface area contributed by atoms with Gasteiger partial charge >= 0.3 is 0 Å². The highest BCUT2D eigenvalue weighted by Gasteiger charge is 2.27. The van der Waals surface area contributed by atoms with Crippen LogP contribution in [0.5, 0.6) is 11.5 Å². The third-order valence-corrected chi connectivity index (χ3v) is 14.0. The van der Waals surface area contributed by atoms with Gasteiger partial charge < -0.3 is 4.74 Å². The number of imidazole rings is 1. The molecule has 0 amide bonds. The van der Waals surface area contributed by atoms with Crippen molar-refractivity contribution >= 4 is 32.8 Å². The monoisotopic (exact) mass is 977 g/mol. The van der Waals surface area contributed by atoms with Crippen molar-refractivity contribution in [1.29, 1.82) is 0 Å². The number of benzene rings is 10. The second kappa shape index (κ2) is 17.6. The zero-order valence-electron chi connectivity index (χ0n) is 55.7. The Morgan fingerprint density at radius 1 is 0.480 bits per heavy atom. The zero-order valence-corrected chi connectivity index (χ0v) is 40.7. The summed E-state index contributed by atoms with van der Waals surface area (Å²) >= 11 is 0. The molecule has 0 aliphatic carbocycles. The van der Waals surface area contributed by atoms with Crippen LogP contribution in [0.15, 0.2) is 248 Å². The van der Waals surface area contributed by atoms with Crippen LogP contribution in [0.4, 0.5) is 0 Å². The normalized spacial score (nSPS) is 14.7. The van der Waals surface area contributed by atoms with Gasteiger partial charge in [0, 0.05) is 28.6 Å². The quantitative estimate of drug-likeness (QED) is 0.118. The first-order valence-electron chi connectivity index (χ1n) is 32.0. The van der Waals surface area contributed by atoms with Crippen LogP contribution in [-0.2, 0) is 5.41 Å². The molecule has 75 heavy (non-hydrogen) atoms. The predicted molar refractivity (Wildman–Crippen MR) is 307 cm³/mol. The molecule has 0 N–H and O–H groups in total. The number of rotatable bonds is 7. The molecule has 13 aromatic rings. The summed E-state index contributed by atoms with van der Waals surface area (Å²) in [5, 5.41) is 1.03. The molecule has 0 fully saturated rings. The molecular formula is C70H50N4O. The number of ether oxygens (including phenoxy) is 1. The van der Waals surface area contributed by atoms with Crippen molar-refractivity contribution in [3.63, 3.8) is 0 Å². The summed E-state index contributed by atoms with van der Waals surface area (Å²) in [6.07, 6.45) is 5.39. The lowest BCUT2D eigenvalue weighted by molar-refractivity contribution is -0.570. The molecule has 4 heterocycles. The Morgan fingerprint density at radius 2 is 1.07 bits per heavy atom. The van der Waals surface area contributed by atoms with Gasteiger partial charge in [-0.05, 0) is 121 Å². The highest BCUT2D eigenvalue weighted by molar-refractivity contribution is 6.12. The lowest BCUT2D eigenvalue weighted by Crippen LogP contribution is -2.32. The van der Waals surface area contributed by atoms with Crippen molar-refractivity contribution in [3.05, 3.63) is 260 Å². The van der Waals surface area contributed by atoms with E-state index in [0.717, 1.165) is 33.4 Å². The highest BCUT2D eigenvalue weighted by atomic mass is 16.5. The number of aromatic nitrogens is 4. The minimum absolute atomic E-state index is 0.0138. The number of para-hydroxylation sites is 2. The number of pyridine rings is 1.